The lowest BCUT2D eigenvalue weighted by atomic mass is 10.2. The summed E-state index contributed by atoms with van der Waals surface area (Å²) in [5, 5.41) is 4.31. The second-order valence-corrected chi connectivity index (χ2v) is 4.07. The molecule has 1 heterocycles. The Balaban J connectivity index is 2.15. The van der Waals surface area contributed by atoms with E-state index in [9.17, 15) is 0 Å². The van der Waals surface area contributed by atoms with Crippen molar-refractivity contribution in [3.05, 3.63) is 16.0 Å². The van der Waals surface area contributed by atoms with Gasteiger partial charge < -0.3 is 0 Å². The molecule has 0 N–H and O–H groups in total. The summed E-state index contributed by atoms with van der Waals surface area (Å²) >= 11 is 2.24. The van der Waals surface area contributed by atoms with E-state index in [4.69, 9.17) is 0 Å². The fraction of sp³-hybridized carbons (Fsp3) is 0.667. The molecule has 0 amide bonds. The molecule has 12 heavy (non-hydrogen) atoms. The predicted octanol–water partition coefficient (Wildman–Crippen LogP) is 3.07. The Kier molecular flexibility index (Phi) is 4.65. The first kappa shape index (κ1) is 10.0. The lowest BCUT2D eigenvalue weighted by Gasteiger charge is -1.99. The number of halogens is 1. The molecule has 1 aromatic rings. The van der Waals surface area contributed by atoms with Gasteiger partial charge in [0.15, 0.2) is 0 Å². The fourth-order valence-corrected chi connectivity index (χ4v) is 1.60. The van der Waals surface area contributed by atoms with Crippen molar-refractivity contribution in [3.63, 3.8) is 0 Å². The van der Waals surface area contributed by atoms with E-state index in [-0.39, 0.29) is 0 Å². The van der Waals surface area contributed by atoms with Crippen molar-refractivity contribution in [2.75, 3.05) is 0 Å². The van der Waals surface area contributed by atoms with E-state index < -0.39 is 0 Å². The molecule has 0 aliphatic rings. The van der Waals surface area contributed by atoms with Crippen LogP contribution in [-0.4, -0.2) is 9.78 Å². The van der Waals surface area contributed by atoms with Crippen LogP contribution in [0.3, 0.4) is 0 Å². The summed E-state index contributed by atoms with van der Waals surface area (Å²) in [5.74, 6) is 0. The molecule has 1 aromatic heterocycles. The predicted molar refractivity (Wildman–Crippen MR) is 59.1 cm³/mol. The summed E-state index contributed by atoms with van der Waals surface area (Å²) in [5.41, 5.74) is 0. The first-order valence-corrected chi connectivity index (χ1v) is 5.59. The van der Waals surface area contributed by atoms with Crippen LogP contribution in [0.5, 0.6) is 0 Å². The molecule has 0 fully saturated rings. The zero-order valence-corrected chi connectivity index (χ0v) is 9.62. The van der Waals surface area contributed by atoms with Gasteiger partial charge in [0.05, 0.1) is 0 Å². The van der Waals surface area contributed by atoms with Crippen LogP contribution in [0.25, 0.3) is 0 Å². The fourth-order valence-electron chi connectivity index (χ4n) is 1.16. The maximum absolute atomic E-state index is 4.31. The zero-order valence-electron chi connectivity index (χ0n) is 7.46. The van der Waals surface area contributed by atoms with Crippen LogP contribution in [0.4, 0.5) is 0 Å². The highest BCUT2D eigenvalue weighted by Crippen LogP contribution is 2.03. The lowest BCUT2D eigenvalue weighted by molar-refractivity contribution is 0.539. The number of aromatic nitrogens is 2. The minimum Gasteiger partial charge on any atom is -0.272 e. The van der Waals surface area contributed by atoms with Gasteiger partial charge in [-0.05, 0) is 35.1 Å². The van der Waals surface area contributed by atoms with Crippen molar-refractivity contribution in [2.24, 2.45) is 0 Å². The number of hydrogen-bond acceptors (Lipinski definition) is 1. The summed E-state index contributed by atoms with van der Waals surface area (Å²) < 4.78 is 3.11. The first-order chi connectivity index (χ1) is 5.83. The summed E-state index contributed by atoms with van der Waals surface area (Å²) in [6.07, 6.45) is 7.28. The second kappa shape index (κ2) is 5.56. The first-order valence-electron chi connectivity index (χ1n) is 4.52. The normalized spacial score (nSPS) is 10.5. The Labute approximate surface area is 87.5 Å². The number of rotatable bonds is 5. The SMILES string of the molecule is CCCCCCn1ccc(I)n1. The molecule has 0 saturated heterocycles. The van der Waals surface area contributed by atoms with Gasteiger partial charge in [-0.1, -0.05) is 26.2 Å². The van der Waals surface area contributed by atoms with E-state index >= 15 is 0 Å². The lowest BCUT2D eigenvalue weighted by Crippen LogP contribution is -1.98. The van der Waals surface area contributed by atoms with Crippen LogP contribution in [0, 0.1) is 3.70 Å². The van der Waals surface area contributed by atoms with Crippen molar-refractivity contribution >= 4 is 22.6 Å². The van der Waals surface area contributed by atoms with Gasteiger partial charge in [-0.3, -0.25) is 4.68 Å². The van der Waals surface area contributed by atoms with Crippen molar-refractivity contribution in [1.82, 2.24) is 9.78 Å². The van der Waals surface area contributed by atoms with Crippen LogP contribution in [-0.2, 0) is 6.54 Å². The number of unbranched alkanes of at least 4 members (excludes halogenated alkanes) is 3. The van der Waals surface area contributed by atoms with E-state index in [2.05, 4.69) is 34.6 Å². The van der Waals surface area contributed by atoms with Crippen molar-refractivity contribution in [1.29, 1.82) is 0 Å². The quantitative estimate of drug-likeness (QED) is 0.598. The largest absolute Gasteiger partial charge is 0.272 e. The van der Waals surface area contributed by atoms with E-state index in [0.29, 0.717) is 0 Å². The van der Waals surface area contributed by atoms with Crippen molar-refractivity contribution < 1.29 is 0 Å². The number of nitrogens with zero attached hydrogens (tertiary/aromatic N) is 2. The zero-order chi connectivity index (χ0) is 8.81. The topological polar surface area (TPSA) is 17.8 Å². The summed E-state index contributed by atoms with van der Waals surface area (Å²) in [6, 6.07) is 2.04. The van der Waals surface area contributed by atoms with Gasteiger partial charge in [-0.25, -0.2) is 0 Å². The van der Waals surface area contributed by atoms with Crippen molar-refractivity contribution in [2.45, 2.75) is 39.2 Å². The van der Waals surface area contributed by atoms with Gasteiger partial charge in [0.25, 0.3) is 0 Å². The van der Waals surface area contributed by atoms with Gasteiger partial charge >= 0.3 is 0 Å². The monoisotopic (exact) mass is 278 g/mol. The molecule has 0 aromatic carbocycles. The molecule has 0 spiro atoms. The summed E-state index contributed by atoms with van der Waals surface area (Å²) in [6.45, 7) is 3.31. The van der Waals surface area contributed by atoms with Crippen molar-refractivity contribution in [3.8, 4) is 0 Å². The van der Waals surface area contributed by atoms with Gasteiger partial charge in [-0.15, -0.1) is 0 Å². The Morgan fingerprint density at radius 3 is 2.83 bits per heavy atom. The molecule has 0 unspecified atom stereocenters. The van der Waals surface area contributed by atoms with E-state index in [1.54, 1.807) is 0 Å². The molecular weight excluding hydrogens is 263 g/mol. The smallest absolute Gasteiger partial charge is 0.123 e. The Morgan fingerprint density at radius 1 is 1.42 bits per heavy atom. The molecule has 68 valence electrons. The van der Waals surface area contributed by atoms with Gasteiger partial charge in [0, 0.05) is 12.7 Å². The highest BCUT2D eigenvalue weighted by atomic mass is 127. The average molecular weight is 278 g/mol. The molecular formula is C9H15IN2. The molecule has 0 bridgehead atoms. The molecule has 0 saturated carbocycles. The van der Waals surface area contributed by atoms with Crippen LogP contribution in [0.1, 0.15) is 32.6 Å². The Bertz CT molecular complexity index is 220. The van der Waals surface area contributed by atoms with Crippen LogP contribution in [0.2, 0.25) is 0 Å². The molecule has 1 rings (SSSR count). The van der Waals surface area contributed by atoms with Gasteiger partial charge in [0.2, 0.25) is 0 Å². The van der Waals surface area contributed by atoms with E-state index in [1.165, 1.54) is 25.7 Å². The summed E-state index contributed by atoms with van der Waals surface area (Å²) in [4.78, 5) is 0. The highest BCUT2D eigenvalue weighted by molar-refractivity contribution is 14.1. The third-order valence-corrected chi connectivity index (χ3v) is 2.42. The third-order valence-electron chi connectivity index (χ3n) is 1.85. The van der Waals surface area contributed by atoms with Crippen LogP contribution < -0.4 is 0 Å². The second-order valence-electron chi connectivity index (χ2n) is 2.96. The molecule has 0 aliphatic carbocycles. The van der Waals surface area contributed by atoms with E-state index in [1.807, 2.05) is 16.9 Å². The molecule has 2 nitrogen and oxygen atoms in total. The Morgan fingerprint density at radius 2 is 2.25 bits per heavy atom. The van der Waals surface area contributed by atoms with Gasteiger partial charge in [0.1, 0.15) is 3.70 Å². The molecule has 0 aliphatic heterocycles. The maximum atomic E-state index is 4.31. The molecule has 0 atom stereocenters. The maximum Gasteiger partial charge on any atom is 0.123 e. The van der Waals surface area contributed by atoms with Gasteiger partial charge in [-0.2, -0.15) is 5.10 Å². The van der Waals surface area contributed by atoms with Crippen LogP contribution in [0.15, 0.2) is 12.3 Å². The standard InChI is InChI=1S/C9H15IN2/c1-2-3-4-5-7-12-8-6-9(10)11-12/h6,8H,2-5,7H2,1H3. The minimum atomic E-state index is 1.07. The molecule has 0 radical (unpaired) electrons. The van der Waals surface area contributed by atoms with Crippen LogP contribution >= 0.6 is 22.6 Å². The minimum absolute atomic E-state index is 1.07. The summed E-state index contributed by atoms with van der Waals surface area (Å²) in [7, 11) is 0. The molecule has 3 heteroatoms. The number of aryl methyl sites for hydroxylation is 1. The van der Waals surface area contributed by atoms with E-state index in [0.717, 1.165) is 10.2 Å². The Hall–Kier alpha value is -0.0600. The number of hydrogen-bond donors (Lipinski definition) is 0. The third kappa shape index (κ3) is 3.56. The average Bonchev–Trinajstić information content (AvgIpc) is 2.45. The highest BCUT2D eigenvalue weighted by Gasteiger charge is 1.93.